The third kappa shape index (κ3) is 8.56. The van der Waals surface area contributed by atoms with Gasteiger partial charge in [0.25, 0.3) is 0 Å². The molecule has 0 aliphatic heterocycles. The SMILES string of the molecule is C=CCOc1nc(OCC=C)nc(OCC=C)n1.C=CCn1c(=O)n(CC=C)c(=O)n(CC=C)c1=O. The van der Waals surface area contributed by atoms with Crippen LogP contribution in [0.15, 0.2) is 90.3 Å². The topological polar surface area (TPSA) is 132 Å². The number of ether oxygens (including phenoxy) is 3. The summed E-state index contributed by atoms with van der Waals surface area (Å²) in [5, 5.41) is 0. The van der Waals surface area contributed by atoms with Gasteiger partial charge in [-0.3, -0.25) is 0 Å². The summed E-state index contributed by atoms with van der Waals surface area (Å²) in [6, 6.07) is 0.342. The van der Waals surface area contributed by atoms with E-state index in [1.165, 1.54) is 18.2 Å². The Morgan fingerprint density at radius 3 is 0.944 bits per heavy atom. The Morgan fingerprint density at radius 1 is 0.500 bits per heavy atom. The van der Waals surface area contributed by atoms with Crippen LogP contribution in [0.1, 0.15) is 0 Å². The first kappa shape index (κ1) is 29.3. The molecule has 0 amide bonds. The second-order valence-corrected chi connectivity index (χ2v) is 6.53. The zero-order chi connectivity index (χ0) is 26.9. The van der Waals surface area contributed by atoms with Crippen molar-refractivity contribution in [2.45, 2.75) is 19.6 Å². The van der Waals surface area contributed by atoms with Crippen LogP contribution in [0, 0.1) is 0 Å². The molecule has 2 aromatic heterocycles. The minimum absolute atomic E-state index is 0.0478. The maximum absolute atomic E-state index is 11.9. The fourth-order valence-electron chi connectivity index (χ4n) is 2.45. The molecule has 192 valence electrons. The van der Waals surface area contributed by atoms with Gasteiger partial charge >= 0.3 is 35.1 Å². The molecule has 0 aromatic carbocycles. The van der Waals surface area contributed by atoms with Crippen LogP contribution >= 0.6 is 0 Å². The Hall–Kier alpha value is -4.74. The summed E-state index contributed by atoms with van der Waals surface area (Å²) in [5.41, 5.74) is -1.99. The van der Waals surface area contributed by atoms with E-state index >= 15 is 0 Å². The molecule has 0 fully saturated rings. The van der Waals surface area contributed by atoms with Gasteiger partial charge < -0.3 is 14.2 Å². The first-order valence-electron chi connectivity index (χ1n) is 10.6. The molecule has 36 heavy (non-hydrogen) atoms. The van der Waals surface area contributed by atoms with Crippen molar-refractivity contribution in [2.24, 2.45) is 0 Å². The van der Waals surface area contributed by atoms with E-state index in [1.807, 2.05) is 0 Å². The summed E-state index contributed by atoms with van der Waals surface area (Å²) in [7, 11) is 0. The predicted octanol–water partition coefficient (Wildman–Crippen LogP) is 1.30. The van der Waals surface area contributed by atoms with E-state index in [2.05, 4.69) is 54.4 Å². The van der Waals surface area contributed by atoms with Crippen LogP contribution in [0.5, 0.6) is 18.0 Å². The van der Waals surface area contributed by atoms with E-state index in [9.17, 15) is 14.4 Å². The van der Waals surface area contributed by atoms with Crippen molar-refractivity contribution in [1.29, 1.82) is 0 Å². The van der Waals surface area contributed by atoms with Crippen molar-refractivity contribution in [2.75, 3.05) is 19.8 Å². The maximum atomic E-state index is 11.9. The van der Waals surface area contributed by atoms with Crippen LogP contribution in [-0.4, -0.2) is 48.5 Å². The van der Waals surface area contributed by atoms with Crippen LogP contribution in [0.25, 0.3) is 0 Å². The fourth-order valence-corrected chi connectivity index (χ4v) is 2.45. The number of aromatic nitrogens is 6. The van der Waals surface area contributed by atoms with Gasteiger partial charge in [-0.05, 0) is 0 Å². The zero-order valence-electron chi connectivity index (χ0n) is 20.1. The number of allylic oxidation sites excluding steroid dienone is 3. The minimum atomic E-state index is -0.662. The number of rotatable bonds is 15. The molecular weight excluding hydrogens is 468 g/mol. The maximum Gasteiger partial charge on any atom is 0.336 e. The highest BCUT2D eigenvalue weighted by atomic mass is 16.5. The summed E-state index contributed by atoms with van der Waals surface area (Å²) in [6.45, 7) is 22.0. The van der Waals surface area contributed by atoms with Crippen molar-refractivity contribution in [3.63, 3.8) is 0 Å². The lowest BCUT2D eigenvalue weighted by Gasteiger charge is -2.10. The van der Waals surface area contributed by atoms with Gasteiger partial charge in [-0.25, -0.2) is 28.1 Å². The molecule has 0 bridgehead atoms. The molecule has 0 saturated carbocycles. The summed E-state index contributed by atoms with van der Waals surface area (Å²) < 4.78 is 18.5. The van der Waals surface area contributed by atoms with Crippen molar-refractivity contribution in [3.8, 4) is 18.0 Å². The number of nitrogens with zero attached hydrogens (tertiary/aromatic N) is 6. The Balaban J connectivity index is 0.000000360. The third-order valence-corrected chi connectivity index (χ3v) is 3.89. The zero-order valence-corrected chi connectivity index (χ0v) is 20.1. The van der Waals surface area contributed by atoms with E-state index in [0.29, 0.717) is 0 Å². The molecule has 0 radical (unpaired) electrons. The van der Waals surface area contributed by atoms with Gasteiger partial charge in [-0.1, -0.05) is 56.2 Å². The quantitative estimate of drug-likeness (QED) is 0.333. The van der Waals surface area contributed by atoms with Crippen LogP contribution < -0.4 is 31.3 Å². The molecular formula is C24H30N6O6. The van der Waals surface area contributed by atoms with E-state index < -0.39 is 17.1 Å². The summed E-state index contributed by atoms with van der Waals surface area (Å²) in [6.07, 6.45) is 9.01. The third-order valence-electron chi connectivity index (χ3n) is 3.89. The highest BCUT2D eigenvalue weighted by Gasteiger charge is 2.12. The van der Waals surface area contributed by atoms with Gasteiger partial charge in [0.05, 0.1) is 19.6 Å². The predicted molar refractivity (Wildman–Crippen MR) is 137 cm³/mol. The van der Waals surface area contributed by atoms with E-state index in [4.69, 9.17) is 14.2 Å². The normalized spacial score (nSPS) is 9.67. The summed E-state index contributed by atoms with van der Waals surface area (Å²) >= 11 is 0. The lowest BCUT2D eigenvalue weighted by molar-refractivity contribution is 0.268. The van der Waals surface area contributed by atoms with Gasteiger partial charge in [-0.2, -0.15) is 0 Å². The Bertz CT molecular complexity index is 1060. The van der Waals surface area contributed by atoms with Gasteiger partial charge in [-0.15, -0.1) is 34.7 Å². The van der Waals surface area contributed by atoms with Gasteiger partial charge in [0, 0.05) is 0 Å². The first-order valence-corrected chi connectivity index (χ1v) is 10.6. The van der Waals surface area contributed by atoms with Crippen molar-refractivity contribution >= 4 is 0 Å². The molecule has 0 aliphatic rings. The Kier molecular flexibility index (Phi) is 13.0. The highest BCUT2D eigenvalue weighted by molar-refractivity contribution is 5.09. The first-order chi connectivity index (χ1) is 17.4. The fraction of sp³-hybridized carbons (Fsp3) is 0.250. The van der Waals surface area contributed by atoms with Crippen molar-refractivity contribution in [3.05, 3.63) is 107 Å². The second-order valence-electron chi connectivity index (χ2n) is 6.53. The monoisotopic (exact) mass is 498 g/mol. The van der Waals surface area contributed by atoms with Crippen LogP contribution in [0.2, 0.25) is 0 Å². The van der Waals surface area contributed by atoms with Crippen LogP contribution in [0.3, 0.4) is 0 Å². The van der Waals surface area contributed by atoms with E-state index in [-0.39, 0.29) is 57.5 Å². The molecule has 0 N–H and O–H groups in total. The number of hydrogen-bond donors (Lipinski definition) is 0. The molecule has 2 aromatic rings. The standard InChI is InChI=1S/2C12H15N3O3/c1-4-7-16-10-13-11(17-8-5-2)15-12(14-10)18-9-6-3;1-4-7-13-10(16)14(8-5-2)12(18)15(9-6-3)11(13)17/h2*4-6H,1-3,7-9H2. The highest BCUT2D eigenvalue weighted by Crippen LogP contribution is 2.14. The summed E-state index contributed by atoms with van der Waals surface area (Å²) in [4.78, 5) is 47.7. The average Bonchev–Trinajstić information content (AvgIpc) is 2.88. The molecule has 0 atom stereocenters. The van der Waals surface area contributed by atoms with Gasteiger partial charge in [0.2, 0.25) is 0 Å². The summed E-state index contributed by atoms with van der Waals surface area (Å²) in [5.74, 6) is 0. The second kappa shape index (κ2) is 16.0. The number of hydrogen-bond acceptors (Lipinski definition) is 9. The van der Waals surface area contributed by atoms with Crippen molar-refractivity contribution < 1.29 is 14.2 Å². The van der Waals surface area contributed by atoms with Crippen LogP contribution in [0.4, 0.5) is 0 Å². The molecule has 2 heterocycles. The molecule has 12 nitrogen and oxygen atoms in total. The minimum Gasteiger partial charge on any atom is -0.459 e. The van der Waals surface area contributed by atoms with E-state index in [0.717, 1.165) is 13.7 Å². The van der Waals surface area contributed by atoms with E-state index in [1.54, 1.807) is 18.2 Å². The molecule has 0 unspecified atom stereocenters. The lowest BCUT2D eigenvalue weighted by Crippen LogP contribution is -2.54. The smallest absolute Gasteiger partial charge is 0.336 e. The molecule has 2 rings (SSSR count). The Morgan fingerprint density at radius 2 is 0.750 bits per heavy atom. The Labute approximate surface area is 208 Å². The average molecular weight is 499 g/mol. The van der Waals surface area contributed by atoms with Crippen molar-refractivity contribution in [1.82, 2.24) is 28.7 Å². The molecule has 0 saturated heterocycles. The largest absolute Gasteiger partial charge is 0.459 e. The lowest BCUT2D eigenvalue weighted by atomic mass is 10.5. The van der Waals surface area contributed by atoms with Gasteiger partial charge in [0.1, 0.15) is 19.8 Å². The molecule has 0 aliphatic carbocycles. The van der Waals surface area contributed by atoms with Gasteiger partial charge in [0.15, 0.2) is 0 Å². The van der Waals surface area contributed by atoms with Crippen LogP contribution in [-0.2, 0) is 19.6 Å². The molecule has 12 heteroatoms. The molecule has 0 spiro atoms.